The van der Waals surface area contributed by atoms with Crippen LogP contribution in [0.3, 0.4) is 0 Å². The van der Waals surface area contributed by atoms with E-state index in [1.165, 1.54) is 6.07 Å². The summed E-state index contributed by atoms with van der Waals surface area (Å²) < 4.78 is 16.1. The van der Waals surface area contributed by atoms with Gasteiger partial charge < -0.3 is 0 Å². The van der Waals surface area contributed by atoms with Crippen molar-refractivity contribution >= 4 is 34.2 Å². The lowest BCUT2D eigenvalue weighted by Crippen LogP contribution is -2.06. The number of hydrogen-bond acceptors (Lipinski definition) is 1. The number of para-hydroxylation sites is 1. The molecule has 0 aliphatic heterocycles. The molecule has 1 atom stereocenters. The number of hydrogen-bond donors (Lipinski definition) is 0. The minimum atomic E-state index is -0.352. The standard InChI is InChI=1S/C16H13Cl2FN2/c1-9-4-3-5-12(19)15(9)21-14-7-6-11(18)8-13(14)20-16(21)10(2)17/h3-8,10H,1-2H3. The van der Waals surface area contributed by atoms with E-state index in [2.05, 4.69) is 4.98 Å². The van der Waals surface area contributed by atoms with Gasteiger partial charge >= 0.3 is 0 Å². The first-order chi connectivity index (χ1) is 9.99. The highest BCUT2D eigenvalue weighted by Crippen LogP contribution is 2.31. The Hall–Kier alpha value is -1.58. The highest BCUT2D eigenvalue weighted by molar-refractivity contribution is 6.31. The number of imidazole rings is 1. The molecule has 5 heteroatoms. The highest BCUT2D eigenvalue weighted by atomic mass is 35.5. The third kappa shape index (κ3) is 2.41. The summed E-state index contributed by atoms with van der Waals surface area (Å²) in [6.07, 6.45) is 0. The first-order valence-corrected chi connectivity index (χ1v) is 7.38. The number of benzene rings is 2. The average molecular weight is 323 g/mol. The van der Waals surface area contributed by atoms with Crippen molar-refractivity contribution in [3.63, 3.8) is 0 Å². The Morgan fingerprint density at radius 2 is 2.00 bits per heavy atom. The topological polar surface area (TPSA) is 17.8 Å². The normalized spacial score (nSPS) is 12.8. The summed E-state index contributed by atoms with van der Waals surface area (Å²) in [4.78, 5) is 4.51. The third-order valence-electron chi connectivity index (χ3n) is 3.41. The second-order valence-electron chi connectivity index (χ2n) is 4.96. The summed E-state index contributed by atoms with van der Waals surface area (Å²) in [5.41, 5.74) is 2.79. The molecule has 3 aromatic rings. The zero-order valence-electron chi connectivity index (χ0n) is 11.6. The predicted octanol–water partition coefficient (Wildman–Crippen LogP) is 5.43. The van der Waals surface area contributed by atoms with Gasteiger partial charge in [0.2, 0.25) is 0 Å². The second kappa shape index (κ2) is 5.32. The zero-order chi connectivity index (χ0) is 15.1. The lowest BCUT2D eigenvalue weighted by molar-refractivity contribution is 0.615. The van der Waals surface area contributed by atoms with Crippen LogP contribution in [-0.2, 0) is 0 Å². The predicted molar refractivity (Wildman–Crippen MR) is 85.0 cm³/mol. The number of aryl methyl sites for hydroxylation is 1. The van der Waals surface area contributed by atoms with Crippen LogP contribution < -0.4 is 0 Å². The smallest absolute Gasteiger partial charge is 0.147 e. The SMILES string of the molecule is Cc1cccc(F)c1-n1c(C(C)Cl)nc2cc(Cl)ccc21. The van der Waals surface area contributed by atoms with E-state index < -0.39 is 0 Å². The van der Waals surface area contributed by atoms with E-state index in [1.807, 2.05) is 26.0 Å². The van der Waals surface area contributed by atoms with E-state index >= 15 is 0 Å². The number of alkyl halides is 1. The van der Waals surface area contributed by atoms with E-state index in [4.69, 9.17) is 23.2 Å². The molecule has 1 aromatic heterocycles. The molecule has 0 fully saturated rings. The van der Waals surface area contributed by atoms with E-state index in [0.29, 0.717) is 22.1 Å². The van der Waals surface area contributed by atoms with Crippen LogP contribution in [0.1, 0.15) is 23.7 Å². The molecule has 0 saturated carbocycles. The first-order valence-electron chi connectivity index (χ1n) is 6.56. The lowest BCUT2D eigenvalue weighted by atomic mass is 10.1. The third-order valence-corrected chi connectivity index (χ3v) is 3.84. The van der Waals surface area contributed by atoms with Crippen molar-refractivity contribution in [1.82, 2.24) is 9.55 Å². The Morgan fingerprint density at radius 1 is 1.24 bits per heavy atom. The van der Waals surface area contributed by atoms with Crippen molar-refractivity contribution in [2.75, 3.05) is 0 Å². The van der Waals surface area contributed by atoms with Crippen LogP contribution in [-0.4, -0.2) is 9.55 Å². The zero-order valence-corrected chi connectivity index (χ0v) is 13.1. The van der Waals surface area contributed by atoms with Gasteiger partial charge in [-0.05, 0) is 43.7 Å². The Bertz CT molecular complexity index is 804. The van der Waals surface area contributed by atoms with Crippen LogP contribution in [0.4, 0.5) is 4.39 Å². The van der Waals surface area contributed by atoms with Gasteiger partial charge in [-0.25, -0.2) is 9.37 Å². The van der Waals surface area contributed by atoms with Gasteiger partial charge in [0.1, 0.15) is 11.6 Å². The molecular weight excluding hydrogens is 310 g/mol. The molecule has 0 aliphatic carbocycles. The monoisotopic (exact) mass is 322 g/mol. The van der Waals surface area contributed by atoms with Crippen molar-refractivity contribution in [2.45, 2.75) is 19.2 Å². The molecule has 0 spiro atoms. The number of aromatic nitrogens is 2. The van der Waals surface area contributed by atoms with Crippen LogP contribution >= 0.6 is 23.2 Å². The van der Waals surface area contributed by atoms with E-state index in [9.17, 15) is 4.39 Å². The molecular formula is C16H13Cl2FN2. The largest absolute Gasteiger partial charge is 0.292 e. The molecule has 21 heavy (non-hydrogen) atoms. The van der Waals surface area contributed by atoms with Gasteiger partial charge in [0, 0.05) is 5.02 Å². The van der Waals surface area contributed by atoms with Crippen molar-refractivity contribution in [2.24, 2.45) is 0 Å². The van der Waals surface area contributed by atoms with Gasteiger partial charge in [0.15, 0.2) is 0 Å². The van der Waals surface area contributed by atoms with E-state index in [1.54, 1.807) is 22.8 Å². The van der Waals surface area contributed by atoms with Crippen LogP contribution in [0.15, 0.2) is 36.4 Å². The summed E-state index contributed by atoms with van der Waals surface area (Å²) in [7, 11) is 0. The van der Waals surface area contributed by atoms with Gasteiger partial charge in [-0.3, -0.25) is 4.57 Å². The lowest BCUT2D eigenvalue weighted by Gasteiger charge is -2.14. The summed E-state index contributed by atoms with van der Waals surface area (Å²) in [6.45, 7) is 3.68. The van der Waals surface area contributed by atoms with E-state index in [-0.39, 0.29) is 11.2 Å². The fourth-order valence-corrected chi connectivity index (χ4v) is 2.79. The van der Waals surface area contributed by atoms with Crippen LogP contribution in [0.2, 0.25) is 5.02 Å². The maximum absolute atomic E-state index is 14.3. The molecule has 3 rings (SSSR count). The van der Waals surface area contributed by atoms with Gasteiger partial charge in [-0.1, -0.05) is 23.7 Å². The molecule has 0 bridgehead atoms. The molecule has 2 nitrogen and oxygen atoms in total. The number of rotatable bonds is 2. The van der Waals surface area contributed by atoms with Crippen molar-refractivity contribution < 1.29 is 4.39 Å². The molecule has 0 radical (unpaired) electrons. The Kier molecular flexibility index (Phi) is 3.64. The van der Waals surface area contributed by atoms with Crippen LogP contribution in [0.5, 0.6) is 0 Å². The highest BCUT2D eigenvalue weighted by Gasteiger charge is 2.20. The Morgan fingerprint density at radius 3 is 2.67 bits per heavy atom. The number of fused-ring (bicyclic) bond motifs is 1. The van der Waals surface area contributed by atoms with Crippen LogP contribution in [0.25, 0.3) is 16.7 Å². The maximum Gasteiger partial charge on any atom is 0.147 e. The molecule has 0 N–H and O–H groups in total. The quantitative estimate of drug-likeness (QED) is 0.575. The average Bonchev–Trinajstić information content (AvgIpc) is 2.77. The van der Waals surface area contributed by atoms with Gasteiger partial charge in [0.25, 0.3) is 0 Å². The molecule has 1 heterocycles. The van der Waals surface area contributed by atoms with E-state index in [0.717, 1.165) is 11.1 Å². The molecule has 0 saturated heterocycles. The van der Waals surface area contributed by atoms with Crippen molar-refractivity contribution in [3.05, 3.63) is 58.6 Å². The number of halogens is 3. The van der Waals surface area contributed by atoms with Gasteiger partial charge in [-0.2, -0.15) is 0 Å². The summed E-state index contributed by atoms with van der Waals surface area (Å²) in [5.74, 6) is 0.296. The molecule has 0 aliphatic rings. The summed E-state index contributed by atoms with van der Waals surface area (Å²) >= 11 is 12.2. The Balaban J connectivity index is 2.42. The van der Waals surface area contributed by atoms with Gasteiger partial charge in [-0.15, -0.1) is 11.6 Å². The molecule has 0 amide bonds. The maximum atomic E-state index is 14.3. The fourth-order valence-electron chi connectivity index (χ4n) is 2.48. The number of nitrogens with zero attached hydrogens (tertiary/aromatic N) is 2. The Labute approximate surface area is 132 Å². The van der Waals surface area contributed by atoms with Crippen molar-refractivity contribution in [1.29, 1.82) is 0 Å². The fraction of sp³-hybridized carbons (Fsp3) is 0.188. The van der Waals surface area contributed by atoms with Crippen molar-refractivity contribution in [3.8, 4) is 5.69 Å². The summed E-state index contributed by atoms with van der Waals surface area (Å²) in [5, 5.41) is 0.237. The van der Waals surface area contributed by atoms with Crippen LogP contribution in [0, 0.1) is 12.7 Å². The molecule has 2 aromatic carbocycles. The molecule has 108 valence electrons. The minimum Gasteiger partial charge on any atom is -0.292 e. The molecule has 1 unspecified atom stereocenters. The minimum absolute atomic E-state index is 0.303. The first kappa shape index (κ1) is 14.4. The summed E-state index contributed by atoms with van der Waals surface area (Å²) in [6, 6.07) is 10.3. The van der Waals surface area contributed by atoms with Gasteiger partial charge in [0.05, 0.1) is 22.1 Å². The second-order valence-corrected chi connectivity index (χ2v) is 6.05.